The zero-order chi connectivity index (χ0) is 19.7. The lowest BCUT2D eigenvalue weighted by Crippen LogP contribution is -2.51. The number of hydrogen-bond acceptors (Lipinski definition) is 4. The van der Waals surface area contributed by atoms with Crippen LogP contribution in [0.1, 0.15) is 49.3 Å². The summed E-state index contributed by atoms with van der Waals surface area (Å²) in [5.74, 6) is -0.653. The standard InChI is InChI=1S/C21H25N3O4/c1-13-7-9-14(10-8-13)19-18-16(12-28-20(18)26)24(21(27)23-19)11-17(25)22-15-5-3-2-4-6-15/h7-10,15,19H,2-6,11-12H2,1H3,(H,22,25)(H,23,27). The van der Waals surface area contributed by atoms with Gasteiger partial charge in [-0.15, -0.1) is 0 Å². The second kappa shape index (κ2) is 7.66. The van der Waals surface area contributed by atoms with Crippen molar-refractivity contribution in [3.8, 4) is 0 Å². The summed E-state index contributed by atoms with van der Waals surface area (Å²) in [6, 6.07) is 6.88. The van der Waals surface area contributed by atoms with E-state index in [4.69, 9.17) is 4.74 Å². The van der Waals surface area contributed by atoms with Gasteiger partial charge in [-0.25, -0.2) is 9.59 Å². The molecular weight excluding hydrogens is 358 g/mol. The smallest absolute Gasteiger partial charge is 0.338 e. The van der Waals surface area contributed by atoms with Crippen molar-refractivity contribution >= 4 is 17.9 Å². The molecular formula is C21H25N3O4. The Morgan fingerprint density at radius 1 is 1.18 bits per heavy atom. The Balaban J connectivity index is 1.54. The largest absolute Gasteiger partial charge is 0.456 e. The molecule has 28 heavy (non-hydrogen) atoms. The maximum atomic E-state index is 12.8. The number of carbonyl (C=O) groups excluding carboxylic acids is 3. The summed E-state index contributed by atoms with van der Waals surface area (Å²) in [4.78, 5) is 39.0. The van der Waals surface area contributed by atoms with E-state index in [-0.39, 0.29) is 31.1 Å². The molecule has 1 fully saturated rings. The van der Waals surface area contributed by atoms with E-state index >= 15 is 0 Å². The number of benzene rings is 1. The van der Waals surface area contributed by atoms with E-state index in [0.717, 1.165) is 36.8 Å². The molecule has 1 unspecified atom stereocenters. The number of carbonyl (C=O) groups is 3. The average molecular weight is 383 g/mol. The molecule has 7 heteroatoms. The minimum Gasteiger partial charge on any atom is -0.456 e. The zero-order valence-electron chi connectivity index (χ0n) is 16.0. The molecule has 1 aromatic rings. The SMILES string of the molecule is Cc1ccc(C2NC(=O)N(CC(=O)NC3CCCCC3)C3=C2C(=O)OC3)cc1. The summed E-state index contributed by atoms with van der Waals surface area (Å²) in [5, 5.41) is 5.88. The predicted octanol–water partition coefficient (Wildman–Crippen LogP) is 2.32. The summed E-state index contributed by atoms with van der Waals surface area (Å²) in [7, 11) is 0. The Hall–Kier alpha value is -2.83. The number of hydrogen-bond donors (Lipinski definition) is 2. The number of ether oxygens (including phenoxy) is 1. The first kappa shape index (κ1) is 18.5. The molecule has 2 N–H and O–H groups in total. The Kier molecular flexibility index (Phi) is 5.07. The molecule has 0 bridgehead atoms. The molecule has 1 atom stereocenters. The lowest BCUT2D eigenvalue weighted by molar-refractivity contribution is -0.136. The second-order valence-corrected chi connectivity index (χ2v) is 7.72. The van der Waals surface area contributed by atoms with Crippen molar-refractivity contribution in [3.63, 3.8) is 0 Å². The molecule has 7 nitrogen and oxygen atoms in total. The molecule has 148 valence electrons. The number of nitrogens with one attached hydrogen (secondary N) is 2. The van der Waals surface area contributed by atoms with Gasteiger partial charge in [0.25, 0.3) is 0 Å². The topological polar surface area (TPSA) is 87.7 Å². The number of amides is 3. The molecule has 2 heterocycles. The quantitative estimate of drug-likeness (QED) is 0.781. The first-order chi connectivity index (χ1) is 13.5. The van der Waals surface area contributed by atoms with Crippen LogP contribution in [0.4, 0.5) is 4.79 Å². The fourth-order valence-corrected chi connectivity index (χ4v) is 4.15. The molecule has 1 saturated carbocycles. The Morgan fingerprint density at radius 3 is 2.61 bits per heavy atom. The van der Waals surface area contributed by atoms with Crippen molar-refractivity contribution < 1.29 is 19.1 Å². The van der Waals surface area contributed by atoms with Crippen LogP contribution >= 0.6 is 0 Å². The molecule has 0 saturated heterocycles. The van der Waals surface area contributed by atoms with E-state index in [1.54, 1.807) is 0 Å². The summed E-state index contributed by atoms with van der Waals surface area (Å²) in [6.07, 6.45) is 5.39. The van der Waals surface area contributed by atoms with Crippen molar-refractivity contribution in [2.45, 2.75) is 51.1 Å². The van der Waals surface area contributed by atoms with Crippen LogP contribution in [0, 0.1) is 6.92 Å². The van der Waals surface area contributed by atoms with Gasteiger partial charge in [0, 0.05) is 6.04 Å². The highest BCUT2D eigenvalue weighted by Gasteiger charge is 2.42. The minimum atomic E-state index is -0.559. The molecule has 0 aromatic heterocycles. The second-order valence-electron chi connectivity index (χ2n) is 7.72. The summed E-state index contributed by atoms with van der Waals surface area (Å²) < 4.78 is 5.21. The van der Waals surface area contributed by atoms with Gasteiger partial charge in [-0.1, -0.05) is 49.1 Å². The maximum Gasteiger partial charge on any atom is 0.338 e. The fourth-order valence-electron chi connectivity index (χ4n) is 4.15. The molecule has 3 aliphatic rings. The van der Waals surface area contributed by atoms with Crippen molar-refractivity contribution in [3.05, 3.63) is 46.7 Å². The van der Waals surface area contributed by atoms with Crippen LogP contribution in [0.15, 0.2) is 35.5 Å². The van der Waals surface area contributed by atoms with Crippen LogP contribution in [0.25, 0.3) is 0 Å². The first-order valence-electron chi connectivity index (χ1n) is 9.87. The summed E-state index contributed by atoms with van der Waals surface area (Å²) in [6.45, 7) is 1.88. The number of urea groups is 1. The van der Waals surface area contributed by atoms with E-state index in [9.17, 15) is 14.4 Å². The molecule has 0 radical (unpaired) electrons. The van der Waals surface area contributed by atoms with Crippen molar-refractivity contribution in [1.29, 1.82) is 0 Å². The highest BCUT2D eigenvalue weighted by atomic mass is 16.5. The number of rotatable bonds is 4. The molecule has 1 aliphatic carbocycles. The van der Waals surface area contributed by atoms with Gasteiger partial charge in [-0.2, -0.15) is 0 Å². The van der Waals surface area contributed by atoms with Crippen LogP contribution in [-0.4, -0.2) is 42.0 Å². The molecule has 3 amide bonds. The third-order valence-corrected chi connectivity index (χ3v) is 5.68. The fraction of sp³-hybridized carbons (Fsp3) is 0.476. The van der Waals surface area contributed by atoms with Gasteiger partial charge in [-0.05, 0) is 25.3 Å². The average Bonchev–Trinajstić information content (AvgIpc) is 3.07. The third kappa shape index (κ3) is 3.61. The van der Waals surface area contributed by atoms with Gasteiger partial charge in [0.05, 0.1) is 17.3 Å². The lowest BCUT2D eigenvalue weighted by Gasteiger charge is -2.33. The first-order valence-corrected chi connectivity index (χ1v) is 9.87. The minimum absolute atomic E-state index is 0.0145. The molecule has 2 aliphatic heterocycles. The summed E-state index contributed by atoms with van der Waals surface area (Å²) >= 11 is 0. The normalized spacial score (nSPS) is 22.6. The number of cyclic esters (lactones) is 1. The third-order valence-electron chi connectivity index (χ3n) is 5.68. The van der Waals surface area contributed by atoms with Gasteiger partial charge in [0.15, 0.2) is 0 Å². The van der Waals surface area contributed by atoms with Gasteiger partial charge in [-0.3, -0.25) is 9.69 Å². The molecule has 1 aromatic carbocycles. The van der Waals surface area contributed by atoms with Crippen molar-refractivity contribution in [2.75, 3.05) is 13.2 Å². The van der Waals surface area contributed by atoms with Crippen LogP contribution in [-0.2, 0) is 14.3 Å². The van der Waals surface area contributed by atoms with Gasteiger partial charge in [0.1, 0.15) is 13.2 Å². The van der Waals surface area contributed by atoms with Crippen LogP contribution in [0.5, 0.6) is 0 Å². The monoisotopic (exact) mass is 383 g/mol. The van der Waals surface area contributed by atoms with E-state index in [0.29, 0.717) is 11.3 Å². The van der Waals surface area contributed by atoms with Crippen molar-refractivity contribution in [1.82, 2.24) is 15.5 Å². The van der Waals surface area contributed by atoms with Crippen LogP contribution in [0.3, 0.4) is 0 Å². The highest BCUT2D eigenvalue weighted by molar-refractivity contribution is 5.98. The van der Waals surface area contributed by atoms with Gasteiger partial charge < -0.3 is 15.4 Å². The maximum absolute atomic E-state index is 12.8. The van der Waals surface area contributed by atoms with Crippen LogP contribution < -0.4 is 10.6 Å². The number of esters is 1. The van der Waals surface area contributed by atoms with Crippen molar-refractivity contribution in [2.24, 2.45) is 0 Å². The zero-order valence-corrected chi connectivity index (χ0v) is 16.0. The Morgan fingerprint density at radius 2 is 1.89 bits per heavy atom. The van der Waals surface area contributed by atoms with E-state index in [2.05, 4.69) is 10.6 Å². The Bertz CT molecular complexity index is 825. The Labute approximate surface area is 164 Å². The van der Waals surface area contributed by atoms with Gasteiger partial charge in [0.2, 0.25) is 5.91 Å². The van der Waals surface area contributed by atoms with Crippen LogP contribution in [0.2, 0.25) is 0 Å². The van der Waals surface area contributed by atoms with E-state index < -0.39 is 12.0 Å². The van der Waals surface area contributed by atoms with E-state index in [1.165, 1.54) is 11.3 Å². The molecule has 4 rings (SSSR count). The summed E-state index contributed by atoms with van der Waals surface area (Å²) in [5.41, 5.74) is 2.80. The number of nitrogens with zero attached hydrogens (tertiary/aromatic N) is 1. The van der Waals surface area contributed by atoms with E-state index in [1.807, 2.05) is 31.2 Å². The highest BCUT2D eigenvalue weighted by Crippen LogP contribution is 2.35. The number of aryl methyl sites for hydroxylation is 1. The van der Waals surface area contributed by atoms with Gasteiger partial charge >= 0.3 is 12.0 Å². The lowest BCUT2D eigenvalue weighted by atomic mass is 9.95. The molecule has 0 spiro atoms. The predicted molar refractivity (Wildman–Crippen MR) is 102 cm³/mol.